The molecule has 20 heavy (non-hydrogen) atoms. The maximum absolute atomic E-state index is 6.17. The summed E-state index contributed by atoms with van der Waals surface area (Å²) in [6.45, 7) is 4.20. The molecule has 1 aliphatic heterocycles. The maximum Gasteiger partial charge on any atom is 0.0686 e. The molecule has 2 atom stereocenters. The van der Waals surface area contributed by atoms with Crippen molar-refractivity contribution in [3.05, 3.63) is 11.1 Å². The van der Waals surface area contributed by atoms with Gasteiger partial charge in [0.25, 0.3) is 0 Å². The maximum atomic E-state index is 6.17. The fraction of sp³-hybridized carbons (Fsp3) is 0.867. The van der Waals surface area contributed by atoms with Gasteiger partial charge in [-0.25, -0.2) is 0 Å². The third kappa shape index (κ3) is 3.05. The van der Waals surface area contributed by atoms with E-state index in [2.05, 4.69) is 21.8 Å². The van der Waals surface area contributed by atoms with E-state index in [1.807, 2.05) is 6.20 Å². The van der Waals surface area contributed by atoms with E-state index in [-0.39, 0.29) is 5.60 Å². The van der Waals surface area contributed by atoms with Crippen LogP contribution in [0.2, 0.25) is 0 Å². The van der Waals surface area contributed by atoms with Crippen molar-refractivity contribution in [2.24, 2.45) is 5.92 Å². The van der Waals surface area contributed by atoms with Gasteiger partial charge in [0.2, 0.25) is 0 Å². The van der Waals surface area contributed by atoms with Gasteiger partial charge in [-0.1, -0.05) is 24.3 Å². The normalized spacial score (nSPS) is 26.9. The molecule has 1 spiro atoms. The molecule has 112 valence electrons. The van der Waals surface area contributed by atoms with Crippen molar-refractivity contribution in [1.29, 1.82) is 0 Å². The first-order valence-electron chi connectivity index (χ1n) is 7.97. The molecule has 2 unspecified atom stereocenters. The lowest BCUT2D eigenvalue weighted by molar-refractivity contribution is -0.0980. The van der Waals surface area contributed by atoms with Crippen molar-refractivity contribution in [3.8, 4) is 0 Å². The average Bonchev–Trinajstić information content (AvgIpc) is 3.12. The Morgan fingerprint density at radius 1 is 1.50 bits per heavy atom. The Balaban J connectivity index is 1.72. The molecule has 3 rings (SSSR count). The van der Waals surface area contributed by atoms with Crippen LogP contribution in [0.3, 0.4) is 0 Å². The number of nitrogens with zero attached hydrogens (tertiary/aromatic N) is 2. The minimum Gasteiger partial charge on any atom is -0.375 e. The Morgan fingerprint density at radius 2 is 2.35 bits per heavy atom. The fourth-order valence-corrected chi connectivity index (χ4v) is 4.50. The van der Waals surface area contributed by atoms with Crippen LogP contribution in [0.25, 0.3) is 0 Å². The molecule has 2 aliphatic rings. The van der Waals surface area contributed by atoms with Crippen molar-refractivity contribution in [2.45, 2.75) is 63.5 Å². The molecule has 1 aliphatic carbocycles. The van der Waals surface area contributed by atoms with Gasteiger partial charge in [0, 0.05) is 12.6 Å². The topological polar surface area (TPSA) is 47.0 Å². The zero-order valence-electron chi connectivity index (χ0n) is 12.3. The van der Waals surface area contributed by atoms with E-state index >= 15 is 0 Å². The number of ether oxygens (including phenoxy) is 1. The predicted molar refractivity (Wildman–Crippen MR) is 80.8 cm³/mol. The van der Waals surface area contributed by atoms with Crippen LogP contribution in [0.15, 0.2) is 6.20 Å². The van der Waals surface area contributed by atoms with E-state index in [0.717, 1.165) is 26.0 Å². The van der Waals surface area contributed by atoms with Gasteiger partial charge in [-0.3, -0.25) is 0 Å². The molecule has 1 aromatic heterocycles. The molecule has 2 fully saturated rings. The SMILES string of the molecule is CCCNC(c1cnns1)C1CCOC2(CCCC2)C1. The first kappa shape index (κ1) is 14.4. The quantitative estimate of drug-likeness (QED) is 0.905. The molecular weight excluding hydrogens is 270 g/mol. The summed E-state index contributed by atoms with van der Waals surface area (Å²) in [5, 5.41) is 7.76. The molecular formula is C15H25N3OS. The molecule has 2 heterocycles. The third-order valence-electron chi connectivity index (χ3n) is 4.82. The highest BCUT2D eigenvalue weighted by Crippen LogP contribution is 2.45. The Bertz CT molecular complexity index is 403. The second kappa shape index (κ2) is 6.50. The summed E-state index contributed by atoms with van der Waals surface area (Å²) in [7, 11) is 0. The van der Waals surface area contributed by atoms with Crippen molar-refractivity contribution >= 4 is 11.5 Å². The monoisotopic (exact) mass is 295 g/mol. The van der Waals surface area contributed by atoms with Gasteiger partial charge in [0.15, 0.2) is 0 Å². The highest BCUT2D eigenvalue weighted by molar-refractivity contribution is 7.05. The number of hydrogen-bond acceptors (Lipinski definition) is 5. The molecule has 1 saturated heterocycles. The van der Waals surface area contributed by atoms with E-state index in [0.29, 0.717) is 12.0 Å². The molecule has 1 saturated carbocycles. The van der Waals surface area contributed by atoms with Gasteiger partial charge in [-0.15, -0.1) is 5.10 Å². The van der Waals surface area contributed by atoms with Crippen molar-refractivity contribution in [2.75, 3.05) is 13.2 Å². The first-order chi connectivity index (χ1) is 9.83. The predicted octanol–water partition coefficient (Wildman–Crippen LogP) is 3.32. The molecule has 0 bridgehead atoms. The zero-order valence-corrected chi connectivity index (χ0v) is 13.1. The highest BCUT2D eigenvalue weighted by atomic mass is 32.1. The smallest absolute Gasteiger partial charge is 0.0686 e. The van der Waals surface area contributed by atoms with Crippen molar-refractivity contribution < 1.29 is 4.74 Å². The lowest BCUT2D eigenvalue weighted by atomic mass is 9.80. The number of nitrogens with one attached hydrogen (secondary N) is 1. The van der Waals surface area contributed by atoms with Gasteiger partial charge in [-0.05, 0) is 56.1 Å². The summed E-state index contributed by atoms with van der Waals surface area (Å²) in [4.78, 5) is 1.29. The van der Waals surface area contributed by atoms with Crippen LogP contribution in [0.4, 0.5) is 0 Å². The highest BCUT2D eigenvalue weighted by Gasteiger charge is 2.42. The number of hydrogen-bond donors (Lipinski definition) is 1. The summed E-state index contributed by atoms with van der Waals surface area (Å²) in [6.07, 6.45) is 10.6. The van der Waals surface area contributed by atoms with Crippen LogP contribution in [-0.4, -0.2) is 28.3 Å². The van der Waals surface area contributed by atoms with E-state index in [1.165, 1.54) is 37.0 Å². The standard InChI is InChI=1S/C15H25N3OS/c1-2-8-16-14(13-11-17-18-20-13)12-5-9-19-15(10-12)6-3-4-7-15/h11-12,14,16H,2-10H2,1H3. The molecule has 4 nitrogen and oxygen atoms in total. The molecule has 0 amide bonds. The summed E-state index contributed by atoms with van der Waals surface area (Å²) in [5.74, 6) is 0.663. The zero-order chi connectivity index (χ0) is 13.8. The Labute approximate surface area is 125 Å². The van der Waals surface area contributed by atoms with E-state index < -0.39 is 0 Å². The van der Waals surface area contributed by atoms with Crippen molar-refractivity contribution in [1.82, 2.24) is 14.9 Å². The van der Waals surface area contributed by atoms with Crippen LogP contribution in [0.5, 0.6) is 0 Å². The molecule has 5 heteroatoms. The first-order valence-corrected chi connectivity index (χ1v) is 8.75. The second-order valence-electron chi connectivity index (χ2n) is 6.24. The average molecular weight is 295 g/mol. The van der Waals surface area contributed by atoms with Gasteiger partial charge < -0.3 is 10.1 Å². The van der Waals surface area contributed by atoms with Crippen LogP contribution in [0.1, 0.15) is 62.8 Å². The van der Waals surface area contributed by atoms with E-state index in [4.69, 9.17) is 4.74 Å². The van der Waals surface area contributed by atoms with Gasteiger partial charge >= 0.3 is 0 Å². The lowest BCUT2D eigenvalue weighted by Crippen LogP contribution is -2.42. The Hall–Kier alpha value is -0.520. The summed E-state index contributed by atoms with van der Waals surface area (Å²) in [5.41, 5.74) is 0.188. The number of aromatic nitrogens is 2. The Kier molecular flexibility index (Phi) is 4.68. The third-order valence-corrected chi connectivity index (χ3v) is 5.56. The van der Waals surface area contributed by atoms with Gasteiger partial charge in [-0.2, -0.15) is 0 Å². The second-order valence-corrected chi connectivity index (χ2v) is 7.06. The molecule has 1 N–H and O–H groups in total. The van der Waals surface area contributed by atoms with Crippen LogP contribution >= 0.6 is 11.5 Å². The van der Waals surface area contributed by atoms with Crippen LogP contribution in [0, 0.1) is 5.92 Å². The number of rotatable bonds is 5. The van der Waals surface area contributed by atoms with Crippen LogP contribution in [-0.2, 0) is 4.74 Å². The van der Waals surface area contributed by atoms with Gasteiger partial charge in [0.1, 0.15) is 0 Å². The van der Waals surface area contributed by atoms with E-state index in [1.54, 1.807) is 11.5 Å². The lowest BCUT2D eigenvalue weighted by Gasteiger charge is -2.41. The van der Waals surface area contributed by atoms with E-state index in [9.17, 15) is 0 Å². The van der Waals surface area contributed by atoms with Crippen LogP contribution < -0.4 is 5.32 Å². The fourth-order valence-electron chi connectivity index (χ4n) is 3.83. The molecule has 1 aromatic rings. The minimum atomic E-state index is 0.188. The van der Waals surface area contributed by atoms with Crippen molar-refractivity contribution in [3.63, 3.8) is 0 Å². The molecule has 0 radical (unpaired) electrons. The van der Waals surface area contributed by atoms with Gasteiger partial charge in [0.05, 0.1) is 16.7 Å². The summed E-state index contributed by atoms with van der Waals surface area (Å²) >= 11 is 1.54. The largest absolute Gasteiger partial charge is 0.375 e. The summed E-state index contributed by atoms with van der Waals surface area (Å²) in [6, 6.07) is 0.413. The Morgan fingerprint density at radius 3 is 3.05 bits per heavy atom. The molecule has 0 aromatic carbocycles. The summed E-state index contributed by atoms with van der Waals surface area (Å²) < 4.78 is 10.2. The minimum absolute atomic E-state index is 0.188.